The van der Waals surface area contributed by atoms with E-state index in [9.17, 15) is 15.0 Å². The number of fused-ring (bicyclic) bond motifs is 3. The lowest BCUT2D eigenvalue weighted by Crippen LogP contribution is -2.70. The molecule has 2 aliphatic carbocycles. The van der Waals surface area contributed by atoms with Crippen molar-refractivity contribution in [3.8, 4) is 23.0 Å². The Morgan fingerprint density at radius 1 is 1.03 bits per heavy atom. The van der Waals surface area contributed by atoms with E-state index in [4.69, 9.17) is 38.4 Å². The monoisotopic (exact) mass is 803 g/mol. The quantitative estimate of drug-likeness (QED) is 0.0670. The second-order valence-corrected chi connectivity index (χ2v) is 17.0. The third-order valence-electron chi connectivity index (χ3n) is 11.9. The minimum Gasteiger partial charge on any atom is -0.492 e. The van der Waals surface area contributed by atoms with Crippen LogP contribution in [0.2, 0.25) is 0 Å². The molecule has 2 N–H and O–H groups in total. The molecule has 1 saturated heterocycles. The molecule has 13 nitrogen and oxygen atoms in total. The highest BCUT2D eigenvalue weighted by Gasteiger charge is 2.65. The Morgan fingerprint density at radius 2 is 1.79 bits per heavy atom. The van der Waals surface area contributed by atoms with Gasteiger partial charge in [0.15, 0.2) is 11.5 Å². The van der Waals surface area contributed by atoms with E-state index in [-0.39, 0.29) is 57.3 Å². The van der Waals surface area contributed by atoms with Gasteiger partial charge in [-0.1, -0.05) is 36.2 Å². The Morgan fingerprint density at radius 3 is 2.52 bits per heavy atom. The summed E-state index contributed by atoms with van der Waals surface area (Å²) in [4.78, 5) is 24.5. The molecule has 1 amide bonds. The van der Waals surface area contributed by atoms with Crippen molar-refractivity contribution >= 4 is 11.8 Å². The molecule has 0 bridgehead atoms. The number of unbranched alkanes of at least 4 members (excludes halogenated alkanes) is 2. The third-order valence-corrected chi connectivity index (χ3v) is 11.9. The molecule has 0 aromatic heterocycles. The van der Waals surface area contributed by atoms with Crippen molar-refractivity contribution in [1.82, 2.24) is 9.80 Å². The zero-order valence-electron chi connectivity index (χ0n) is 34.5. The number of ether oxygens (including phenoxy) is 6. The van der Waals surface area contributed by atoms with E-state index in [1.54, 1.807) is 11.0 Å². The lowest BCUT2D eigenvalue weighted by Gasteiger charge is -2.59. The summed E-state index contributed by atoms with van der Waals surface area (Å²) in [6, 6.07) is 11.0. The van der Waals surface area contributed by atoms with E-state index >= 15 is 0 Å². The predicted octanol–water partition coefficient (Wildman–Crippen LogP) is 6.81. The van der Waals surface area contributed by atoms with Crippen LogP contribution in [0.5, 0.6) is 23.0 Å². The molecule has 316 valence electrons. The zero-order chi connectivity index (χ0) is 40.9. The number of oxime groups is 1. The molecule has 2 fully saturated rings. The molecular weight excluding hydrogens is 743 g/mol. The van der Waals surface area contributed by atoms with Crippen LogP contribution in [-0.4, -0.2) is 109 Å². The van der Waals surface area contributed by atoms with Crippen LogP contribution in [-0.2, 0) is 20.9 Å². The number of nitrogens with zero attached hydrogens (tertiary/aromatic N) is 3. The topological polar surface area (TPSA) is 141 Å². The molecule has 3 aliphatic heterocycles. The van der Waals surface area contributed by atoms with Crippen LogP contribution in [0.4, 0.5) is 4.79 Å². The Kier molecular flexibility index (Phi) is 13.2. The van der Waals surface area contributed by atoms with Gasteiger partial charge in [-0.15, -0.1) is 6.58 Å². The van der Waals surface area contributed by atoms with Crippen LogP contribution in [0, 0.1) is 17.8 Å². The second kappa shape index (κ2) is 18.3. The highest BCUT2D eigenvalue weighted by atomic mass is 16.7. The summed E-state index contributed by atoms with van der Waals surface area (Å²) in [5.41, 5.74) is 2.91. The zero-order valence-corrected chi connectivity index (χ0v) is 34.5. The summed E-state index contributed by atoms with van der Waals surface area (Å²) in [5, 5.41) is 24.7. The molecule has 1 saturated carbocycles. The van der Waals surface area contributed by atoms with Crippen LogP contribution in [0.1, 0.15) is 82.8 Å². The maximum Gasteiger partial charge on any atom is 0.410 e. The Bertz CT molecular complexity index is 1820. The Hall–Kier alpha value is -4.30. The number of aliphatic hydroxyl groups excluding tert-OH is 2. The van der Waals surface area contributed by atoms with Crippen LogP contribution in [0.3, 0.4) is 0 Å². The number of aliphatic hydroxyl groups is 2. The molecule has 6 atom stereocenters. The Labute approximate surface area is 342 Å². The van der Waals surface area contributed by atoms with Gasteiger partial charge in [0.05, 0.1) is 25.3 Å². The van der Waals surface area contributed by atoms with Gasteiger partial charge in [0.25, 0.3) is 0 Å². The van der Waals surface area contributed by atoms with Gasteiger partial charge >= 0.3 is 6.09 Å². The standard InChI is InChI=1S/C45H61N3O10/c1-6-22-56-45-40(48(43(51)52-5)28-30-13-15-38-39(24-30)55-29-54-38)27-36(46-58-44(2,3)4)34-25-31(11-7-9-20-49)33(12-8-10-21-50)41(42(34)45)35-26-32(14-16-37(35)57-45)53-23-19-47-17-18-47/h6,13-16,24-26,31,33,40-42,49-50H,1,7-12,17-23,27-29H2,2-5H3/t31-,33+,40-,41+,42+,45+/m0/s1. The lowest BCUT2D eigenvalue weighted by atomic mass is 9.55. The summed E-state index contributed by atoms with van der Waals surface area (Å²) in [6.45, 7) is 14.2. The number of methoxy groups -OCH3 is 1. The highest BCUT2D eigenvalue weighted by Crippen LogP contribution is 2.62. The van der Waals surface area contributed by atoms with Gasteiger partial charge < -0.3 is 43.5 Å². The molecule has 5 aliphatic rings. The average molecular weight is 804 g/mol. The number of carbonyl (C=O) groups excluding carboxylic acids is 1. The molecule has 0 radical (unpaired) electrons. The lowest BCUT2D eigenvalue weighted by molar-refractivity contribution is -0.256. The van der Waals surface area contributed by atoms with Gasteiger partial charge in [-0.2, -0.15) is 0 Å². The molecule has 2 aromatic rings. The minimum absolute atomic E-state index is 0.0881. The molecule has 0 spiro atoms. The van der Waals surface area contributed by atoms with Crippen molar-refractivity contribution in [3.63, 3.8) is 0 Å². The number of rotatable bonds is 19. The van der Waals surface area contributed by atoms with Gasteiger partial charge in [0.2, 0.25) is 12.6 Å². The van der Waals surface area contributed by atoms with Gasteiger partial charge in [-0.25, -0.2) is 4.79 Å². The van der Waals surface area contributed by atoms with Gasteiger partial charge in [-0.3, -0.25) is 9.80 Å². The van der Waals surface area contributed by atoms with Crippen molar-refractivity contribution < 1.29 is 48.3 Å². The predicted molar refractivity (Wildman–Crippen MR) is 218 cm³/mol. The van der Waals surface area contributed by atoms with E-state index in [1.807, 2.05) is 51.1 Å². The fraction of sp³-hybridized carbons (Fsp3) is 0.600. The maximum absolute atomic E-state index is 14.3. The van der Waals surface area contributed by atoms with Crippen molar-refractivity contribution in [3.05, 3.63) is 71.8 Å². The van der Waals surface area contributed by atoms with E-state index < -0.39 is 29.4 Å². The first kappa shape index (κ1) is 41.8. The number of carbonyl (C=O) groups is 1. The molecule has 13 heteroatoms. The summed E-state index contributed by atoms with van der Waals surface area (Å²) in [6.07, 6.45) is 8.48. The van der Waals surface area contributed by atoms with Gasteiger partial charge in [0, 0.05) is 57.3 Å². The molecule has 58 heavy (non-hydrogen) atoms. The number of allylic oxidation sites excluding steroid dienone is 1. The van der Waals surface area contributed by atoms with E-state index in [0.29, 0.717) is 42.4 Å². The number of hydrogen-bond acceptors (Lipinski definition) is 12. The van der Waals surface area contributed by atoms with Crippen LogP contribution in [0.25, 0.3) is 0 Å². The summed E-state index contributed by atoms with van der Waals surface area (Å²) < 4.78 is 37.7. The van der Waals surface area contributed by atoms with Crippen molar-refractivity contribution in [1.29, 1.82) is 0 Å². The first-order valence-corrected chi connectivity index (χ1v) is 20.9. The first-order chi connectivity index (χ1) is 28.1. The summed E-state index contributed by atoms with van der Waals surface area (Å²) >= 11 is 0. The largest absolute Gasteiger partial charge is 0.492 e. The van der Waals surface area contributed by atoms with E-state index in [2.05, 4.69) is 23.6 Å². The molecule has 0 unspecified atom stereocenters. The SMILES string of the molecule is C=CCO[C@@]12Oc3ccc(OCCN4CC4)cc3[C@H]3[C@H](CCCCO)[C@@H](CCCCO)C=C(C(=NOC(C)(C)C)C[C@@H]1N(Cc1ccc4c(c1)OCO4)C(=O)OC)[C@H]32. The number of amides is 1. The maximum atomic E-state index is 14.3. The minimum atomic E-state index is -1.42. The van der Waals surface area contributed by atoms with E-state index in [0.717, 1.165) is 67.8 Å². The first-order valence-electron chi connectivity index (χ1n) is 20.9. The van der Waals surface area contributed by atoms with E-state index in [1.165, 1.54) is 7.11 Å². The normalized spacial score (nSPS) is 26.2. The fourth-order valence-corrected chi connectivity index (χ4v) is 9.17. The summed E-state index contributed by atoms with van der Waals surface area (Å²) in [7, 11) is 1.38. The number of hydrogen-bond donors (Lipinski definition) is 2. The molecular formula is C45H61N3O10. The molecule has 7 rings (SSSR count). The second-order valence-electron chi connectivity index (χ2n) is 17.0. The van der Waals surface area contributed by atoms with Crippen molar-refractivity contribution in [2.45, 2.75) is 95.6 Å². The van der Waals surface area contributed by atoms with Crippen LogP contribution < -0.4 is 18.9 Å². The van der Waals surface area contributed by atoms with Gasteiger partial charge in [0.1, 0.15) is 29.7 Å². The van der Waals surface area contributed by atoms with Crippen LogP contribution >= 0.6 is 0 Å². The van der Waals surface area contributed by atoms with Crippen molar-refractivity contribution in [2.75, 3.05) is 60.0 Å². The molecule has 3 heterocycles. The van der Waals surface area contributed by atoms with Gasteiger partial charge in [-0.05, 0) is 99.8 Å². The Balaban J connectivity index is 1.42. The fourth-order valence-electron chi connectivity index (χ4n) is 9.17. The molecule has 2 aromatic carbocycles. The average Bonchev–Trinajstić information content (AvgIpc) is 3.92. The number of benzene rings is 2. The van der Waals surface area contributed by atoms with Crippen LogP contribution in [0.15, 0.2) is 65.9 Å². The summed E-state index contributed by atoms with van der Waals surface area (Å²) in [5.74, 6) is 0.833. The third kappa shape index (κ3) is 9.12. The van der Waals surface area contributed by atoms with Crippen molar-refractivity contribution in [2.24, 2.45) is 22.9 Å². The smallest absolute Gasteiger partial charge is 0.410 e. The highest BCUT2D eigenvalue weighted by molar-refractivity contribution is 6.03.